The summed E-state index contributed by atoms with van der Waals surface area (Å²) in [5, 5.41) is 0. The SMILES string of the molecule is CC(C(C)C(S(=O)(=O)O)S(=O)(=O)O)C(S(=O)(=O)O)S(=O)(=O)O. The molecular formula is C6H14O12S4. The zero-order valence-corrected chi connectivity index (χ0v) is 14.3. The Morgan fingerprint density at radius 2 is 0.636 bits per heavy atom. The van der Waals surface area contributed by atoms with Crippen molar-refractivity contribution in [2.24, 2.45) is 11.8 Å². The first-order chi connectivity index (χ1) is 9.31. The van der Waals surface area contributed by atoms with Crippen molar-refractivity contribution in [2.75, 3.05) is 0 Å². The maximum absolute atomic E-state index is 11.0. The van der Waals surface area contributed by atoms with E-state index in [2.05, 4.69) is 0 Å². The predicted molar refractivity (Wildman–Crippen MR) is 72.1 cm³/mol. The van der Waals surface area contributed by atoms with Crippen LogP contribution in [0.4, 0.5) is 0 Å². The van der Waals surface area contributed by atoms with E-state index >= 15 is 0 Å². The summed E-state index contributed by atoms with van der Waals surface area (Å²) in [5.74, 6) is -4.09. The third kappa shape index (κ3) is 5.37. The minimum Gasteiger partial charge on any atom is -0.284 e. The van der Waals surface area contributed by atoms with E-state index in [4.69, 9.17) is 18.2 Å². The second kappa shape index (κ2) is 6.27. The molecule has 0 rings (SSSR count). The van der Waals surface area contributed by atoms with Crippen LogP contribution in [0.25, 0.3) is 0 Å². The molecule has 12 nitrogen and oxygen atoms in total. The molecule has 0 heterocycles. The first-order valence-corrected chi connectivity index (χ1v) is 11.2. The first-order valence-electron chi connectivity index (χ1n) is 5.16. The molecule has 0 amide bonds. The lowest BCUT2D eigenvalue weighted by molar-refractivity contribution is 0.349. The summed E-state index contributed by atoms with van der Waals surface area (Å²) in [6.07, 6.45) is 0. The van der Waals surface area contributed by atoms with Crippen LogP contribution in [0, 0.1) is 11.8 Å². The molecule has 22 heavy (non-hydrogen) atoms. The fourth-order valence-electron chi connectivity index (χ4n) is 1.89. The van der Waals surface area contributed by atoms with Crippen LogP contribution in [0.5, 0.6) is 0 Å². The van der Waals surface area contributed by atoms with Crippen LogP contribution < -0.4 is 0 Å². The highest BCUT2D eigenvalue weighted by Gasteiger charge is 2.50. The van der Waals surface area contributed by atoms with Gasteiger partial charge in [-0.15, -0.1) is 0 Å². The highest BCUT2D eigenvalue weighted by atomic mass is 32.3. The molecule has 2 unspecified atom stereocenters. The van der Waals surface area contributed by atoms with E-state index in [0.717, 1.165) is 0 Å². The molecule has 0 aromatic heterocycles. The molecule has 134 valence electrons. The Morgan fingerprint density at radius 1 is 0.500 bits per heavy atom. The highest BCUT2D eigenvalue weighted by molar-refractivity contribution is 8.04. The zero-order valence-electron chi connectivity index (χ0n) is 11.0. The van der Waals surface area contributed by atoms with Gasteiger partial charge in [-0.3, -0.25) is 18.2 Å². The fraction of sp³-hybridized carbons (Fsp3) is 1.00. The quantitative estimate of drug-likeness (QED) is 0.354. The maximum Gasteiger partial charge on any atom is 0.285 e. The van der Waals surface area contributed by atoms with Crippen LogP contribution in [-0.2, 0) is 40.5 Å². The van der Waals surface area contributed by atoms with Gasteiger partial charge in [0, 0.05) is 0 Å². The second-order valence-corrected chi connectivity index (χ2v) is 11.3. The van der Waals surface area contributed by atoms with Crippen LogP contribution in [0.15, 0.2) is 0 Å². The summed E-state index contributed by atoms with van der Waals surface area (Å²) in [6.45, 7) is 1.36. The van der Waals surface area contributed by atoms with E-state index in [1.165, 1.54) is 0 Å². The Labute approximate surface area is 127 Å². The average Bonchev–Trinajstić information content (AvgIpc) is 2.06. The summed E-state index contributed by atoms with van der Waals surface area (Å²) in [7, 11) is -21.9. The molecule has 0 aliphatic rings. The Kier molecular flexibility index (Phi) is 6.17. The molecule has 4 N–H and O–H groups in total. The van der Waals surface area contributed by atoms with E-state index in [9.17, 15) is 33.7 Å². The van der Waals surface area contributed by atoms with Gasteiger partial charge in [0.05, 0.1) is 0 Å². The molecule has 0 saturated carbocycles. The van der Waals surface area contributed by atoms with E-state index < -0.39 is 61.5 Å². The number of hydrogen-bond acceptors (Lipinski definition) is 8. The van der Waals surface area contributed by atoms with Gasteiger partial charge in [-0.1, -0.05) is 13.8 Å². The molecule has 0 bridgehead atoms. The molecule has 0 fully saturated rings. The lowest BCUT2D eigenvalue weighted by atomic mass is 10.00. The summed E-state index contributed by atoms with van der Waals surface area (Å²) >= 11 is 0. The summed E-state index contributed by atoms with van der Waals surface area (Å²) in [6, 6.07) is 0. The molecule has 0 spiro atoms. The standard InChI is InChI=1S/C6H14O12S4/c1-3(5(19(7,8)9)20(10,11)12)4(2)6(21(13,14)15)22(16,17)18/h3-6H,1-2H3,(H,7,8,9)(H,10,11,12)(H,13,14,15)(H,16,17,18). The normalized spacial score (nSPS) is 17.6. The highest BCUT2D eigenvalue weighted by Crippen LogP contribution is 2.31. The second-order valence-electron chi connectivity index (χ2n) is 4.51. The Bertz CT molecular complexity index is 680. The fourth-order valence-corrected chi connectivity index (χ4v) is 7.51. The molecule has 0 aromatic carbocycles. The van der Waals surface area contributed by atoms with Crippen LogP contribution in [0.3, 0.4) is 0 Å². The molecule has 2 atom stereocenters. The van der Waals surface area contributed by atoms with Gasteiger partial charge in [-0.25, -0.2) is 0 Å². The van der Waals surface area contributed by atoms with Gasteiger partial charge in [0.25, 0.3) is 40.5 Å². The van der Waals surface area contributed by atoms with Crippen LogP contribution in [-0.4, -0.2) is 61.0 Å². The van der Waals surface area contributed by atoms with Crippen molar-refractivity contribution in [3.05, 3.63) is 0 Å². The Balaban J connectivity index is 6.23. The van der Waals surface area contributed by atoms with Gasteiger partial charge < -0.3 is 0 Å². The summed E-state index contributed by atoms with van der Waals surface area (Å²) in [5.41, 5.74) is 0. The lowest BCUT2D eigenvalue weighted by Gasteiger charge is -2.27. The van der Waals surface area contributed by atoms with Crippen molar-refractivity contribution in [2.45, 2.75) is 23.0 Å². The van der Waals surface area contributed by atoms with Crippen molar-refractivity contribution in [3.8, 4) is 0 Å². The molecule has 0 saturated heterocycles. The first kappa shape index (κ1) is 21.6. The third-order valence-electron chi connectivity index (χ3n) is 2.86. The van der Waals surface area contributed by atoms with Gasteiger partial charge in [-0.05, 0) is 11.8 Å². The van der Waals surface area contributed by atoms with Gasteiger partial charge >= 0.3 is 0 Å². The van der Waals surface area contributed by atoms with Gasteiger partial charge in [0.2, 0.25) is 9.16 Å². The summed E-state index contributed by atoms with van der Waals surface area (Å²) in [4.78, 5) is 0. The van der Waals surface area contributed by atoms with E-state index in [-0.39, 0.29) is 0 Å². The summed E-state index contributed by atoms with van der Waals surface area (Å²) < 4.78 is 118. The number of rotatable bonds is 7. The minimum atomic E-state index is -5.48. The van der Waals surface area contributed by atoms with Crippen molar-refractivity contribution >= 4 is 40.5 Å². The monoisotopic (exact) mass is 406 g/mol. The van der Waals surface area contributed by atoms with Crippen LogP contribution >= 0.6 is 0 Å². The maximum atomic E-state index is 11.0. The van der Waals surface area contributed by atoms with Crippen LogP contribution in [0.1, 0.15) is 13.8 Å². The minimum absolute atomic E-state index is 0.681. The topological polar surface area (TPSA) is 217 Å². The Hall–Kier alpha value is -0.360. The van der Waals surface area contributed by atoms with Gasteiger partial charge in [0.1, 0.15) is 0 Å². The van der Waals surface area contributed by atoms with E-state index in [1.807, 2.05) is 0 Å². The number of hydrogen-bond donors (Lipinski definition) is 4. The van der Waals surface area contributed by atoms with Crippen molar-refractivity contribution in [1.82, 2.24) is 0 Å². The van der Waals surface area contributed by atoms with Crippen LogP contribution in [0.2, 0.25) is 0 Å². The molecule has 0 aliphatic heterocycles. The van der Waals surface area contributed by atoms with Gasteiger partial charge in [0.15, 0.2) is 0 Å². The van der Waals surface area contributed by atoms with Gasteiger partial charge in [-0.2, -0.15) is 33.7 Å². The molecule has 0 aliphatic carbocycles. The third-order valence-corrected chi connectivity index (χ3v) is 9.85. The van der Waals surface area contributed by atoms with E-state index in [1.54, 1.807) is 0 Å². The largest absolute Gasteiger partial charge is 0.285 e. The molecule has 0 aromatic rings. The molecular weight excluding hydrogens is 392 g/mol. The van der Waals surface area contributed by atoms with E-state index in [0.29, 0.717) is 13.8 Å². The Morgan fingerprint density at radius 3 is 0.727 bits per heavy atom. The predicted octanol–water partition coefficient (Wildman–Crippen LogP) is -1.54. The molecule has 0 radical (unpaired) electrons. The van der Waals surface area contributed by atoms with Crippen molar-refractivity contribution in [1.29, 1.82) is 0 Å². The van der Waals surface area contributed by atoms with Crippen molar-refractivity contribution < 1.29 is 51.9 Å². The lowest BCUT2D eigenvalue weighted by Crippen LogP contribution is -2.45. The zero-order chi connectivity index (χ0) is 18.3. The smallest absolute Gasteiger partial charge is 0.284 e. The van der Waals surface area contributed by atoms with Crippen molar-refractivity contribution in [3.63, 3.8) is 0 Å². The molecule has 16 heteroatoms. The average molecular weight is 406 g/mol.